The second-order valence-electron chi connectivity index (χ2n) is 4.71. The molecule has 4 heteroatoms. The van der Waals surface area contributed by atoms with Crippen molar-refractivity contribution in [1.82, 2.24) is 16.0 Å². The molecule has 15 heavy (non-hydrogen) atoms. The van der Waals surface area contributed by atoms with E-state index in [4.69, 9.17) is 0 Å². The fourth-order valence-corrected chi connectivity index (χ4v) is 2.65. The molecule has 2 atom stereocenters. The largest absolute Gasteiger partial charge is 0.338 e. The van der Waals surface area contributed by atoms with E-state index in [2.05, 4.69) is 22.9 Å². The number of urea groups is 1. The summed E-state index contributed by atoms with van der Waals surface area (Å²) in [6.45, 7) is 2.83. The molecule has 2 rings (SSSR count). The van der Waals surface area contributed by atoms with E-state index in [0.29, 0.717) is 18.1 Å². The first kappa shape index (κ1) is 10.7. The lowest BCUT2D eigenvalue weighted by atomic mass is 10.0. The van der Waals surface area contributed by atoms with Crippen LogP contribution in [-0.2, 0) is 0 Å². The van der Waals surface area contributed by atoms with Gasteiger partial charge in [0.1, 0.15) is 0 Å². The van der Waals surface area contributed by atoms with Crippen LogP contribution in [0.25, 0.3) is 0 Å². The van der Waals surface area contributed by atoms with E-state index >= 15 is 0 Å². The van der Waals surface area contributed by atoms with E-state index in [1.54, 1.807) is 0 Å². The first-order valence-electron chi connectivity index (χ1n) is 6.08. The summed E-state index contributed by atoms with van der Waals surface area (Å²) in [5.74, 6) is 0. The third-order valence-electron chi connectivity index (χ3n) is 3.34. The zero-order valence-corrected chi connectivity index (χ0v) is 9.38. The van der Waals surface area contributed by atoms with E-state index in [1.165, 1.54) is 12.8 Å². The number of hydrogen-bond donors (Lipinski definition) is 3. The third kappa shape index (κ3) is 2.84. The number of piperidine rings is 1. The van der Waals surface area contributed by atoms with Crippen LogP contribution >= 0.6 is 0 Å². The van der Waals surface area contributed by atoms with Crippen molar-refractivity contribution in [2.24, 2.45) is 0 Å². The zero-order chi connectivity index (χ0) is 10.7. The number of carbonyl (C=O) groups is 1. The molecule has 2 aliphatic heterocycles. The average Bonchev–Trinajstić information content (AvgIpc) is 2.55. The highest BCUT2D eigenvalue weighted by Gasteiger charge is 2.33. The smallest absolute Gasteiger partial charge is 0.315 e. The Morgan fingerprint density at radius 2 is 2.00 bits per heavy atom. The molecular weight excluding hydrogens is 190 g/mol. The van der Waals surface area contributed by atoms with Crippen molar-refractivity contribution in [3.63, 3.8) is 0 Å². The van der Waals surface area contributed by atoms with Crippen LogP contribution in [0.4, 0.5) is 4.79 Å². The van der Waals surface area contributed by atoms with Crippen molar-refractivity contribution in [3.05, 3.63) is 0 Å². The van der Waals surface area contributed by atoms with Gasteiger partial charge in [-0.3, -0.25) is 0 Å². The maximum atomic E-state index is 11.5. The van der Waals surface area contributed by atoms with Gasteiger partial charge in [-0.1, -0.05) is 6.92 Å². The molecule has 0 aromatic carbocycles. The Morgan fingerprint density at radius 1 is 1.33 bits per heavy atom. The molecular formula is C11H21N3O. The van der Waals surface area contributed by atoms with Crippen LogP contribution in [-0.4, -0.2) is 30.7 Å². The number of amides is 2. The van der Waals surface area contributed by atoms with Gasteiger partial charge in [0, 0.05) is 24.7 Å². The van der Waals surface area contributed by atoms with Crippen molar-refractivity contribution < 1.29 is 4.79 Å². The lowest BCUT2D eigenvalue weighted by molar-refractivity contribution is 0.229. The number of carbonyl (C=O) groups excluding carboxylic acids is 1. The second-order valence-corrected chi connectivity index (χ2v) is 4.71. The van der Waals surface area contributed by atoms with Crippen LogP contribution in [0.15, 0.2) is 0 Å². The standard InChI is InChI=1S/C11H21N3O/c1-2-5-12-11(15)14-10-6-8-3-4-9(7-10)13-8/h8-10,13H,2-7H2,1H3,(H2,12,14,15). The summed E-state index contributed by atoms with van der Waals surface area (Å²) in [5, 5.41) is 9.49. The van der Waals surface area contributed by atoms with Crippen molar-refractivity contribution in [3.8, 4) is 0 Å². The van der Waals surface area contributed by atoms with Gasteiger partial charge in [-0.15, -0.1) is 0 Å². The third-order valence-corrected chi connectivity index (χ3v) is 3.34. The lowest BCUT2D eigenvalue weighted by Crippen LogP contribution is -2.50. The highest BCUT2D eigenvalue weighted by molar-refractivity contribution is 5.74. The van der Waals surface area contributed by atoms with Crippen LogP contribution in [0.3, 0.4) is 0 Å². The summed E-state index contributed by atoms with van der Waals surface area (Å²) in [7, 11) is 0. The number of rotatable bonds is 3. The molecule has 2 saturated heterocycles. The van der Waals surface area contributed by atoms with E-state index in [1.807, 2.05) is 0 Å². The van der Waals surface area contributed by atoms with E-state index in [-0.39, 0.29) is 6.03 Å². The molecule has 0 spiro atoms. The van der Waals surface area contributed by atoms with Gasteiger partial charge in [0.05, 0.1) is 0 Å². The zero-order valence-electron chi connectivity index (χ0n) is 9.38. The fourth-order valence-electron chi connectivity index (χ4n) is 2.65. The molecule has 4 nitrogen and oxygen atoms in total. The first-order valence-corrected chi connectivity index (χ1v) is 6.08. The summed E-state index contributed by atoms with van der Waals surface area (Å²) in [6, 6.07) is 1.66. The van der Waals surface area contributed by atoms with E-state index in [0.717, 1.165) is 25.8 Å². The van der Waals surface area contributed by atoms with Gasteiger partial charge in [-0.25, -0.2) is 4.79 Å². The van der Waals surface area contributed by atoms with Gasteiger partial charge in [-0.2, -0.15) is 0 Å². The van der Waals surface area contributed by atoms with Crippen LogP contribution in [0.2, 0.25) is 0 Å². The number of fused-ring (bicyclic) bond motifs is 2. The molecule has 3 N–H and O–H groups in total. The van der Waals surface area contributed by atoms with E-state index in [9.17, 15) is 4.79 Å². The molecule has 86 valence electrons. The predicted octanol–water partition coefficient (Wildman–Crippen LogP) is 0.979. The minimum Gasteiger partial charge on any atom is -0.338 e. The predicted molar refractivity (Wildman–Crippen MR) is 59.8 cm³/mol. The van der Waals surface area contributed by atoms with Crippen LogP contribution in [0, 0.1) is 0 Å². The highest BCUT2D eigenvalue weighted by atomic mass is 16.2. The molecule has 2 heterocycles. The van der Waals surface area contributed by atoms with Crippen molar-refractivity contribution in [2.45, 2.75) is 57.2 Å². The minimum atomic E-state index is 0.00292. The molecule has 2 bridgehead atoms. The lowest BCUT2D eigenvalue weighted by Gasteiger charge is -2.29. The minimum absolute atomic E-state index is 0.00292. The van der Waals surface area contributed by atoms with Crippen LogP contribution < -0.4 is 16.0 Å². The summed E-state index contributed by atoms with van der Waals surface area (Å²) in [6.07, 6.45) is 5.73. The molecule has 2 fully saturated rings. The Balaban J connectivity index is 1.73. The molecule has 0 aromatic heterocycles. The molecule has 2 unspecified atom stereocenters. The summed E-state index contributed by atoms with van der Waals surface area (Å²) in [4.78, 5) is 11.5. The van der Waals surface area contributed by atoms with Gasteiger partial charge in [-0.05, 0) is 32.1 Å². The quantitative estimate of drug-likeness (QED) is 0.652. The second kappa shape index (κ2) is 4.84. The topological polar surface area (TPSA) is 53.2 Å². The van der Waals surface area contributed by atoms with Crippen molar-refractivity contribution in [2.75, 3.05) is 6.54 Å². The van der Waals surface area contributed by atoms with E-state index < -0.39 is 0 Å². The van der Waals surface area contributed by atoms with Gasteiger partial charge in [0.25, 0.3) is 0 Å². The van der Waals surface area contributed by atoms with Gasteiger partial charge in [0.15, 0.2) is 0 Å². The summed E-state index contributed by atoms with van der Waals surface area (Å²) < 4.78 is 0. The first-order chi connectivity index (χ1) is 7.28. The maximum Gasteiger partial charge on any atom is 0.315 e. The molecule has 0 radical (unpaired) electrons. The summed E-state index contributed by atoms with van der Waals surface area (Å²) >= 11 is 0. The Morgan fingerprint density at radius 3 is 2.60 bits per heavy atom. The monoisotopic (exact) mass is 211 g/mol. The molecule has 2 amide bonds. The van der Waals surface area contributed by atoms with Gasteiger partial charge >= 0.3 is 6.03 Å². The van der Waals surface area contributed by atoms with Gasteiger partial charge in [0.2, 0.25) is 0 Å². The highest BCUT2D eigenvalue weighted by Crippen LogP contribution is 2.26. The molecule has 0 saturated carbocycles. The van der Waals surface area contributed by atoms with Gasteiger partial charge < -0.3 is 16.0 Å². The number of hydrogen-bond acceptors (Lipinski definition) is 2. The number of nitrogens with one attached hydrogen (secondary N) is 3. The Bertz CT molecular complexity index is 220. The maximum absolute atomic E-state index is 11.5. The molecule has 0 aromatic rings. The average molecular weight is 211 g/mol. The molecule has 0 aliphatic carbocycles. The summed E-state index contributed by atoms with van der Waals surface area (Å²) in [5.41, 5.74) is 0. The Hall–Kier alpha value is -0.770. The van der Waals surface area contributed by atoms with Crippen molar-refractivity contribution >= 4 is 6.03 Å². The molecule has 2 aliphatic rings. The SMILES string of the molecule is CCCNC(=O)NC1CC2CCC(C1)N2. The van der Waals surface area contributed by atoms with Crippen LogP contribution in [0.1, 0.15) is 39.0 Å². The Labute approximate surface area is 91.2 Å². The van der Waals surface area contributed by atoms with Crippen molar-refractivity contribution in [1.29, 1.82) is 0 Å². The normalized spacial score (nSPS) is 33.8. The van der Waals surface area contributed by atoms with Crippen LogP contribution in [0.5, 0.6) is 0 Å². The Kier molecular flexibility index (Phi) is 3.46. The fraction of sp³-hybridized carbons (Fsp3) is 0.909.